The molecule has 0 amide bonds. The molecule has 1 heterocycles. The maximum absolute atomic E-state index is 5.33. The fraction of sp³-hybridized carbons (Fsp3) is 0.857. The van der Waals surface area contributed by atoms with E-state index >= 15 is 0 Å². The maximum Gasteiger partial charge on any atom is 0.185 e. The van der Waals surface area contributed by atoms with E-state index in [4.69, 9.17) is 29.2 Å². The van der Waals surface area contributed by atoms with Crippen LogP contribution in [0.15, 0.2) is 0 Å². The zero-order chi connectivity index (χ0) is 15.6. The number of hydrazine groups is 1. The van der Waals surface area contributed by atoms with Gasteiger partial charge >= 0.3 is 0 Å². The summed E-state index contributed by atoms with van der Waals surface area (Å²) in [5, 5.41) is 7.68. The van der Waals surface area contributed by atoms with Gasteiger partial charge in [-0.25, -0.2) is 0 Å². The van der Waals surface area contributed by atoms with Gasteiger partial charge in [0.25, 0.3) is 0 Å². The maximum atomic E-state index is 5.33. The molecule has 1 saturated carbocycles. The highest BCUT2D eigenvalue weighted by molar-refractivity contribution is 7.80. The third-order valence-electron chi connectivity index (χ3n) is 4.02. The van der Waals surface area contributed by atoms with Gasteiger partial charge in [-0.3, -0.25) is 15.8 Å². The highest BCUT2D eigenvalue weighted by atomic mass is 32.1. The molecular weight excluding hydrogens is 318 g/mol. The minimum atomic E-state index is 0.511. The van der Waals surface area contributed by atoms with Crippen LogP contribution < -0.4 is 21.5 Å². The SMILES string of the molecule is S=C(NCCCN1CCOCC1)NNC(=S)NC1CCCC1. The molecular formula is C14H27N5OS2. The van der Waals surface area contributed by atoms with Crippen LogP contribution in [0.2, 0.25) is 0 Å². The lowest BCUT2D eigenvalue weighted by Crippen LogP contribution is -2.52. The van der Waals surface area contributed by atoms with E-state index in [0.29, 0.717) is 16.3 Å². The highest BCUT2D eigenvalue weighted by Crippen LogP contribution is 2.17. The molecule has 0 aromatic rings. The van der Waals surface area contributed by atoms with Crippen molar-refractivity contribution >= 4 is 34.7 Å². The first-order valence-electron chi connectivity index (χ1n) is 8.14. The summed E-state index contributed by atoms with van der Waals surface area (Å²) in [6, 6.07) is 0.511. The van der Waals surface area contributed by atoms with Gasteiger partial charge in [0.2, 0.25) is 0 Å². The van der Waals surface area contributed by atoms with E-state index in [1.165, 1.54) is 25.7 Å². The average molecular weight is 346 g/mol. The monoisotopic (exact) mass is 345 g/mol. The molecule has 2 rings (SSSR count). The molecule has 0 bridgehead atoms. The molecule has 8 heteroatoms. The molecule has 126 valence electrons. The van der Waals surface area contributed by atoms with Crippen molar-refractivity contribution in [3.05, 3.63) is 0 Å². The van der Waals surface area contributed by atoms with Gasteiger partial charge in [-0.05, 0) is 50.2 Å². The van der Waals surface area contributed by atoms with Crippen molar-refractivity contribution in [1.82, 2.24) is 26.4 Å². The largest absolute Gasteiger partial charge is 0.379 e. The molecule has 0 unspecified atom stereocenters. The summed E-state index contributed by atoms with van der Waals surface area (Å²) in [5.41, 5.74) is 5.87. The summed E-state index contributed by atoms with van der Waals surface area (Å²) in [4.78, 5) is 2.42. The molecule has 4 N–H and O–H groups in total. The van der Waals surface area contributed by atoms with Gasteiger partial charge in [0.05, 0.1) is 13.2 Å². The standard InChI is InChI=1S/C14H27N5OS2/c21-13(15-6-3-7-19-8-10-20-11-9-19)17-18-14(22)16-12-4-1-2-5-12/h12H,1-11H2,(H2,15,17,21)(H2,16,18,22). The third-order valence-corrected chi connectivity index (χ3v) is 4.49. The fourth-order valence-electron chi connectivity index (χ4n) is 2.78. The Labute approximate surface area is 143 Å². The minimum Gasteiger partial charge on any atom is -0.379 e. The van der Waals surface area contributed by atoms with Gasteiger partial charge in [0, 0.05) is 25.7 Å². The van der Waals surface area contributed by atoms with Crippen molar-refractivity contribution in [1.29, 1.82) is 0 Å². The molecule has 0 radical (unpaired) electrons. The third kappa shape index (κ3) is 7.04. The van der Waals surface area contributed by atoms with Crippen molar-refractivity contribution in [2.24, 2.45) is 0 Å². The van der Waals surface area contributed by atoms with E-state index in [2.05, 4.69) is 26.4 Å². The van der Waals surface area contributed by atoms with Crippen LogP contribution in [0, 0.1) is 0 Å². The van der Waals surface area contributed by atoms with Crippen LogP contribution in [0.3, 0.4) is 0 Å². The van der Waals surface area contributed by atoms with Crippen LogP contribution in [0.5, 0.6) is 0 Å². The van der Waals surface area contributed by atoms with Gasteiger partial charge in [-0.1, -0.05) is 12.8 Å². The Morgan fingerprint density at radius 3 is 2.45 bits per heavy atom. The number of nitrogens with zero attached hydrogens (tertiary/aromatic N) is 1. The lowest BCUT2D eigenvalue weighted by Gasteiger charge is -2.26. The lowest BCUT2D eigenvalue weighted by molar-refractivity contribution is 0.0376. The molecule has 2 aliphatic rings. The Morgan fingerprint density at radius 1 is 1.05 bits per heavy atom. The van der Waals surface area contributed by atoms with Gasteiger partial charge < -0.3 is 15.4 Å². The van der Waals surface area contributed by atoms with E-state index in [0.717, 1.165) is 45.8 Å². The minimum absolute atomic E-state index is 0.511. The van der Waals surface area contributed by atoms with Gasteiger partial charge in [0.1, 0.15) is 0 Å². The van der Waals surface area contributed by atoms with Crippen LogP contribution in [-0.2, 0) is 4.74 Å². The normalized spacial score (nSPS) is 19.6. The first-order chi connectivity index (χ1) is 10.7. The van der Waals surface area contributed by atoms with E-state index in [1.54, 1.807) is 0 Å². The smallest absolute Gasteiger partial charge is 0.185 e. The summed E-state index contributed by atoms with van der Waals surface area (Å²) < 4.78 is 5.33. The average Bonchev–Trinajstić information content (AvgIpc) is 3.03. The number of nitrogens with one attached hydrogen (secondary N) is 4. The second-order valence-electron chi connectivity index (χ2n) is 5.77. The van der Waals surface area contributed by atoms with Crippen molar-refractivity contribution in [2.75, 3.05) is 39.4 Å². The number of rotatable bonds is 5. The first-order valence-corrected chi connectivity index (χ1v) is 8.96. The van der Waals surface area contributed by atoms with Crippen LogP contribution in [0.1, 0.15) is 32.1 Å². The molecule has 2 fully saturated rings. The summed E-state index contributed by atoms with van der Waals surface area (Å²) in [6.07, 6.45) is 6.04. The number of hydrogen-bond acceptors (Lipinski definition) is 4. The number of morpholine rings is 1. The van der Waals surface area contributed by atoms with Crippen molar-refractivity contribution in [3.8, 4) is 0 Å². The molecule has 1 aliphatic carbocycles. The second-order valence-corrected chi connectivity index (χ2v) is 6.58. The Balaban J connectivity index is 1.45. The predicted molar refractivity (Wildman–Crippen MR) is 96.7 cm³/mol. The summed E-state index contributed by atoms with van der Waals surface area (Å²) >= 11 is 10.5. The van der Waals surface area contributed by atoms with Crippen molar-refractivity contribution in [2.45, 2.75) is 38.1 Å². The summed E-state index contributed by atoms with van der Waals surface area (Å²) in [5.74, 6) is 0. The predicted octanol–water partition coefficient (Wildman–Crippen LogP) is 0.495. The van der Waals surface area contributed by atoms with E-state index in [-0.39, 0.29) is 0 Å². The second kappa shape index (κ2) is 10.1. The fourth-order valence-corrected chi connectivity index (χ4v) is 3.15. The molecule has 0 spiro atoms. The Kier molecular flexibility index (Phi) is 8.14. The zero-order valence-corrected chi connectivity index (χ0v) is 14.7. The Hall–Kier alpha value is -0.700. The van der Waals surface area contributed by atoms with E-state index in [9.17, 15) is 0 Å². The van der Waals surface area contributed by atoms with Crippen LogP contribution in [0.25, 0.3) is 0 Å². The molecule has 6 nitrogen and oxygen atoms in total. The number of thiocarbonyl (C=S) groups is 2. The van der Waals surface area contributed by atoms with E-state index in [1.807, 2.05) is 0 Å². The van der Waals surface area contributed by atoms with Crippen molar-refractivity contribution in [3.63, 3.8) is 0 Å². The molecule has 0 atom stereocenters. The summed E-state index contributed by atoms with van der Waals surface area (Å²) in [7, 11) is 0. The van der Waals surface area contributed by atoms with Gasteiger partial charge in [0.15, 0.2) is 10.2 Å². The number of ether oxygens (including phenoxy) is 1. The molecule has 0 aromatic heterocycles. The first kappa shape index (κ1) is 17.7. The quantitative estimate of drug-likeness (QED) is 0.326. The molecule has 1 saturated heterocycles. The summed E-state index contributed by atoms with van der Waals surface area (Å²) in [6.45, 7) is 5.70. The van der Waals surface area contributed by atoms with Gasteiger partial charge in [-0.15, -0.1) is 0 Å². The van der Waals surface area contributed by atoms with Crippen LogP contribution in [0.4, 0.5) is 0 Å². The number of hydrogen-bond donors (Lipinski definition) is 4. The lowest BCUT2D eigenvalue weighted by atomic mass is 10.3. The molecule has 22 heavy (non-hydrogen) atoms. The Bertz CT molecular complexity index is 357. The van der Waals surface area contributed by atoms with E-state index < -0.39 is 0 Å². The highest BCUT2D eigenvalue weighted by Gasteiger charge is 2.15. The topological polar surface area (TPSA) is 60.6 Å². The van der Waals surface area contributed by atoms with Crippen molar-refractivity contribution < 1.29 is 4.74 Å². The van der Waals surface area contributed by atoms with Gasteiger partial charge in [-0.2, -0.15) is 0 Å². The van der Waals surface area contributed by atoms with Crippen LogP contribution in [-0.4, -0.2) is 60.6 Å². The Morgan fingerprint density at radius 2 is 1.73 bits per heavy atom. The molecule has 1 aliphatic heterocycles. The van der Waals surface area contributed by atoms with Crippen LogP contribution >= 0.6 is 24.4 Å². The molecule has 0 aromatic carbocycles. The zero-order valence-electron chi connectivity index (χ0n) is 13.0.